The van der Waals surface area contributed by atoms with Crippen molar-refractivity contribution >= 4 is 11.9 Å². The van der Waals surface area contributed by atoms with Crippen molar-refractivity contribution in [1.82, 2.24) is 9.78 Å². The summed E-state index contributed by atoms with van der Waals surface area (Å²) >= 11 is 0. The molecule has 0 amide bonds. The molecule has 2 heterocycles. The number of ether oxygens (including phenoxy) is 2. The molecule has 7 nitrogen and oxygen atoms in total. The minimum atomic E-state index is -1.22. The van der Waals surface area contributed by atoms with Crippen molar-refractivity contribution in [3.05, 3.63) is 53.1 Å². The summed E-state index contributed by atoms with van der Waals surface area (Å²) in [7, 11) is 0. The Kier molecular flexibility index (Phi) is 6.00. The quantitative estimate of drug-likeness (QED) is 0.565. The van der Waals surface area contributed by atoms with E-state index in [0.717, 1.165) is 42.6 Å². The Labute approximate surface area is 234 Å². The summed E-state index contributed by atoms with van der Waals surface area (Å²) in [4.78, 5) is 13.5. The maximum atomic E-state index is 13.6. The SMILES string of the molecule is CCC[C@H]1O[C@@H]2C[C@H]3[C@@H]4CCC5=Cc6c(cnn6-c6ccc(F)cc6)C[C@]5(C)[C@H]4[C@@H](O)C[C@]3(C)[C@]2(C(=O)CO)O1. The van der Waals surface area contributed by atoms with Crippen LogP contribution in [0, 0.1) is 34.4 Å². The van der Waals surface area contributed by atoms with Crippen LogP contribution in [0.25, 0.3) is 11.8 Å². The molecule has 40 heavy (non-hydrogen) atoms. The molecule has 2 aromatic rings. The van der Waals surface area contributed by atoms with Crippen LogP contribution in [0.15, 0.2) is 36.0 Å². The fourth-order valence-electron chi connectivity index (χ4n) is 9.77. The fraction of sp³-hybridized carbons (Fsp3) is 0.625. The van der Waals surface area contributed by atoms with Crippen molar-refractivity contribution in [2.45, 2.75) is 89.8 Å². The van der Waals surface area contributed by atoms with Gasteiger partial charge in [-0.25, -0.2) is 9.07 Å². The summed E-state index contributed by atoms with van der Waals surface area (Å²) < 4.78 is 28.3. The first kappa shape index (κ1) is 26.5. The predicted octanol–water partition coefficient (Wildman–Crippen LogP) is 4.62. The Balaban J connectivity index is 1.24. The zero-order valence-electron chi connectivity index (χ0n) is 23.5. The number of fused-ring (bicyclic) bond motifs is 8. The second-order valence-corrected chi connectivity index (χ2v) is 13.2. The van der Waals surface area contributed by atoms with Crippen LogP contribution in [0.1, 0.15) is 70.6 Å². The molecule has 0 unspecified atom stereocenters. The topological polar surface area (TPSA) is 93.8 Å². The van der Waals surface area contributed by atoms with E-state index in [0.29, 0.717) is 19.3 Å². The van der Waals surface area contributed by atoms with Gasteiger partial charge in [0.05, 0.1) is 29.8 Å². The summed E-state index contributed by atoms with van der Waals surface area (Å²) in [6.45, 7) is 5.86. The molecule has 0 bridgehead atoms. The maximum Gasteiger partial charge on any atom is 0.193 e. The van der Waals surface area contributed by atoms with E-state index >= 15 is 0 Å². The number of allylic oxidation sites excluding steroid dienone is 1. The Bertz CT molecular complexity index is 1370. The van der Waals surface area contributed by atoms with Gasteiger partial charge >= 0.3 is 0 Å². The number of aromatic nitrogens is 2. The smallest absolute Gasteiger partial charge is 0.193 e. The van der Waals surface area contributed by atoms with Gasteiger partial charge in [-0.15, -0.1) is 0 Å². The molecule has 1 saturated heterocycles. The second kappa shape index (κ2) is 9.05. The lowest BCUT2D eigenvalue weighted by Crippen LogP contribution is -2.64. The average molecular weight is 551 g/mol. The third-order valence-corrected chi connectivity index (χ3v) is 11.4. The Morgan fingerprint density at radius 3 is 2.75 bits per heavy atom. The fourth-order valence-corrected chi connectivity index (χ4v) is 9.77. The van der Waals surface area contributed by atoms with Crippen molar-refractivity contribution in [3.8, 4) is 5.69 Å². The number of rotatable bonds is 5. The minimum absolute atomic E-state index is 0.0273. The number of carbonyl (C=O) groups is 1. The van der Waals surface area contributed by atoms with E-state index in [9.17, 15) is 19.4 Å². The Morgan fingerprint density at radius 2 is 2.02 bits per heavy atom. The van der Waals surface area contributed by atoms with E-state index in [1.807, 2.05) is 10.9 Å². The van der Waals surface area contributed by atoms with Crippen LogP contribution in [0.4, 0.5) is 4.39 Å². The molecule has 214 valence electrons. The largest absolute Gasteiger partial charge is 0.393 e. The molecule has 3 saturated carbocycles. The molecule has 1 aromatic carbocycles. The van der Waals surface area contributed by atoms with E-state index in [1.54, 1.807) is 12.1 Å². The second-order valence-electron chi connectivity index (χ2n) is 13.2. The zero-order valence-corrected chi connectivity index (χ0v) is 23.5. The number of halogens is 1. The summed E-state index contributed by atoms with van der Waals surface area (Å²) in [6, 6.07) is 6.39. The number of carbonyl (C=O) groups excluding carboxylic acids is 1. The van der Waals surface area contributed by atoms with Crippen LogP contribution < -0.4 is 0 Å². The van der Waals surface area contributed by atoms with Gasteiger partial charge in [0.1, 0.15) is 12.4 Å². The Morgan fingerprint density at radius 1 is 1.25 bits per heavy atom. The summed E-state index contributed by atoms with van der Waals surface area (Å²) in [5, 5.41) is 26.7. The van der Waals surface area contributed by atoms with Crippen LogP contribution in [0.3, 0.4) is 0 Å². The highest BCUT2D eigenvalue weighted by molar-refractivity contribution is 5.91. The number of benzene rings is 1. The first-order valence-electron chi connectivity index (χ1n) is 14.9. The van der Waals surface area contributed by atoms with Crippen LogP contribution >= 0.6 is 0 Å². The number of aliphatic hydroxyl groups is 2. The van der Waals surface area contributed by atoms with Crippen molar-refractivity contribution in [1.29, 1.82) is 0 Å². The molecule has 5 aliphatic rings. The Hall–Kier alpha value is -2.39. The van der Waals surface area contributed by atoms with Gasteiger partial charge in [-0.05, 0) is 97.6 Å². The lowest BCUT2D eigenvalue weighted by atomic mass is 9.45. The third kappa shape index (κ3) is 3.36. The van der Waals surface area contributed by atoms with Gasteiger partial charge in [-0.2, -0.15) is 5.10 Å². The molecule has 8 heteroatoms. The molecule has 4 aliphatic carbocycles. The summed E-state index contributed by atoms with van der Waals surface area (Å²) in [5.74, 6) is -0.215. The zero-order chi connectivity index (χ0) is 28.0. The van der Waals surface area contributed by atoms with Crippen LogP contribution in [0.5, 0.6) is 0 Å². The van der Waals surface area contributed by atoms with E-state index in [2.05, 4.69) is 31.9 Å². The van der Waals surface area contributed by atoms with Crippen molar-refractivity contribution in [2.75, 3.05) is 6.61 Å². The average Bonchev–Trinajstić information content (AvgIpc) is 3.56. The standard InChI is InChI=1S/C32H39FN2O5/c1-4-5-28-39-27-13-23-22-11-6-19-12-24-18(16-34-35(24)21-9-7-20(33)8-10-21)14-30(19,2)29(22)25(37)15-31(23,3)32(27,40-28)26(38)17-36/h7-10,12,16,22-23,25,27-29,36-37H,4-6,11,13-15,17H2,1-3H3/t22-,23-,25-,27+,28-,29+,30-,31-,32+/m0/s1. The van der Waals surface area contributed by atoms with Crippen molar-refractivity contribution in [3.63, 3.8) is 0 Å². The highest BCUT2D eigenvalue weighted by Crippen LogP contribution is 2.70. The van der Waals surface area contributed by atoms with E-state index in [4.69, 9.17) is 9.47 Å². The highest BCUT2D eigenvalue weighted by atomic mass is 19.1. The van der Waals surface area contributed by atoms with Gasteiger partial charge in [-0.3, -0.25) is 4.79 Å². The predicted molar refractivity (Wildman–Crippen MR) is 146 cm³/mol. The monoisotopic (exact) mass is 550 g/mol. The lowest BCUT2D eigenvalue weighted by molar-refractivity contribution is -0.202. The van der Waals surface area contributed by atoms with Crippen LogP contribution in [0.2, 0.25) is 0 Å². The van der Waals surface area contributed by atoms with Gasteiger partial charge in [0.15, 0.2) is 17.7 Å². The van der Waals surface area contributed by atoms with E-state index in [1.165, 1.54) is 17.7 Å². The molecular formula is C32H39FN2O5. The minimum Gasteiger partial charge on any atom is -0.393 e. The summed E-state index contributed by atoms with van der Waals surface area (Å²) in [6.07, 6.45) is 7.98. The molecule has 2 N–H and O–H groups in total. The van der Waals surface area contributed by atoms with E-state index in [-0.39, 0.29) is 34.8 Å². The lowest BCUT2D eigenvalue weighted by Gasteiger charge is -2.60. The molecular weight excluding hydrogens is 511 g/mol. The molecule has 1 aromatic heterocycles. The first-order valence-corrected chi connectivity index (χ1v) is 14.9. The van der Waals surface area contributed by atoms with Gasteiger partial charge in [0, 0.05) is 5.41 Å². The molecule has 0 spiro atoms. The van der Waals surface area contributed by atoms with Crippen LogP contribution in [-0.4, -0.2) is 56.5 Å². The first-order chi connectivity index (χ1) is 19.2. The summed E-state index contributed by atoms with van der Waals surface area (Å²) in [5.41, 5.74) is 2.22. The third-order valence-electron chi connectivity index (χ3n) is 11.4. The maximum absolute atomic E-state index is 13.6. The number of hydrogen-bond donors (Lipinski definition) is 2. The normalized spacial score (nSPS) is 41.4. The van der Waals surface area contributed by atoms with Gasteiger partial charge in [0.25, 0.3) is 0 Å². The van der Waals surface area contributed by atoms with Gasteiger partial charge < -0.3 is 19.7 Å². The van der Waals surface area contributed by atoms with Crippen LogP contribution in [-0.2, 0) is 20.7 Å². The molecule has 0 radical (unpaired) electrons. The van der Waals surface area contributed by atoms with E-state index < -0.39 is 36.1 Å². The molecule has 9 atom stereocenters. The van der Waals surface area contributed by atoms with Gasteiger partial charge in [0.2, 0.25) is 0 Å². The number of Topliss-reactive ketones (excluding diaryl/α,β-unsaturated/α-hetero) is 1. The highest BCUT2D eigenvalue weighted by Gasteiger charge is 2.75. The number of hydrogen-bond acceptors (Lipinski definition) is 6. The molecule has 7 rings (SSSR count). The molecule has 4 fully saturated rings. The number of aliphatic hydroxyl groups excluding tert-OH is 2. The number of nitrogens with zero attached hydrogens (tertiary/aromatic N) is 2. The number of ketones is 1. The molecule has 1 aliphatic heterocycles. The van der Waals surface area contributed by atoms with Crippen molar-refractivity contribution in [2.24, 2.45) is 28.6 Å². The van der Waals surface area contributed by atoms with Crippen molar-refractivity contribution < 1.29 is 28.9 Å². The van der Waals surface area contributed by atoms with Gasteiger partial charge in [-0.1, -0.05) is 32.8 Å².